The predicted octanol–water partition coefficient (Wildman–Crippen LogP) is 1.89. The smallest absolute Gasteiger partial charge is 0.414 e. The van der Waals surface area contributed by atoms with Crippen LogP contribution in [0.15, 0.2) is 34.5 Å². The van der Waals surface area contributed by atoms with E-state index in [0.717, 1.165) is 0 Å². The van der Waals surface area contributed by atoms with Gasteiger partial charge in [0.1, 0.15) is 12.7 Å². The molecule has 1 atom stereocenters. The molecule has 0 radical (unpaired) electrons. The summed E-state index contributed by atoms with van der Waals surface area (Å²) in [6.45, 7) is 2.47. The lowest BCUT2D eigenvalue weighted by molar-refractivity contribution is -0.120. The monoisotopic (exact) mass is 345 g/mol. The Balaban J connectivity index is 1.99. The molecule has 10 nitrogen and oxygen atoms in total. The number of ether oxygens (including phenoxy) is 2. The van der Waals surface area contributed by atoms with Gasteiger partial charge in [-0.05, 0) is 31.2 Å². The number of azo groups is 1. The highest BCUT2D eigenvalue weighted by Crippen LogP contribution is 2.22. The van der Waals surface area contributed by atoms with Crippen molar-refractivity contribution >= 4 is 29.5 Å². The van der Waals surface area contributed by atoms with Gasteiger partial charge in [0, 0.05) is 5.69 Å². The Morgan fingerprint density at radius 2 is 2.16 bits per heavy atom. The molecular formula is C15H15N5O5. The number of anilines is 1. The zero-order chi connectivity index (χ0) is 18.2. The third kappa shape index (κ3) is 4.74. The van der Waals surface area contributed by atoms with Gasteiger partial charge in [-0.2, -0.15) is 15.5 Å². The molecule has 0 spiro atoms. The van der Waals surface area contributed by atoms with Crippen LogP contribution in [0.5, 0.6) is 0 Å². The first kappa shape index (κ1) is 17.9. The fourth-order valence-corrected chi connectivity index (χ4v) is 1.92. The molecule has 1 saturated heterocycles. The SMILES string of the molecule is CCOC(=O)NC(=O)C(C#N)N=Nc1ccc(N2CCOC2=O)cc1. The average molecular weight is 345 g/mol. The summed E-state index contributed by atoms with van der Waals surface area (Å²) in [5.74, 6) is -0.930. The summed E-state index contributed by atoms with van der Waals surface area (Å²) in [6.07, 6.45) is -1.38. The van der Waals surface area contributed by atoms with E-state index in [1.165, 1.54) is 4.90 Å². The number of amides is 3. The summed E-state index contributed by atoms with van der Waals surface area (Å²) >= 11 is 0. The van der Waals surface area contributed by atoms with Crippen LogP contribution in [-0.2, 0) is 14.3 Å². The van der Waals surface area contributed by atoms with E-state index in [4.69, 9.17) is 10.00 Å². The quantitative estimate of drug-likeness (QED) is 0.810. The molecule has 1 aromatic rings. The van der Waals surface area contributed by atoms with Gasteiger partial charge in [0.15, 0.2) is 0 Å². The Morgan fingerprint density at radius 3 is 2.72 bits per heavy atom. The maximum absolute atomic E-state index is 11.7. The zero-order valence-electron chi connectivity index (χ0n) is 13.3. The Labute approximate surface area is 143 Å². The molecule has 1 unspecified atom stereocenters. The zero-order valence-corrected chi connectivity index (χ0v) is 13.3. The molecule has 0 aliphatic carbocycles. The van der Waals surface area contributed by atoms with Crippen molar-refractivity contribution in [3.8, 4) is 6.07 Å². The Kier molecular flexibility index (Phi) is 6.00. The van der Waals surface area contributed by atoms with Crippen LogP contribution in [0.2, 0.25) is 0 Å². The van der Waals surface area contributed by atoms with E-state index in [1.807, 2.05) is 5.32 Å². The highest BCUT2D eigenvalue weighted by atomic mass is 16.6. The first-order chi connectivity index (χ1) is 12.0. The van der Waals surface area contributed by atoms with Gasteiger partial charge in [0.05, 0.1) is 18.8 Å². The van der Waals surface area contributed by atoms with E-state index in [9.17, 15) is 14.4 Å². The van der Waals surface area contributed by atoms with Crippen LogP contribution in [0.25, 0.3) is 0 Å². The Hall–Kier alpha value is -3.48. The topological polar surface area (TPSA) is 133 Å². The van der Waals surface area contributed by atoms with Crippen molar-refractivity contribution in [3.63, 3.8) is 0 Å². The highest BCUT2D eigenvalue weighted by molar-refractivity contribution is 5.96. The number of nitriles is 1. The molecule has 1 aliphatic heterocycles. The van der Waals surface area contributed by atoms with E-state index in [1.54, 1.807) is 37.3 Å². The molecule has 3 amide bonds. The fourth-order valence-electron chi connectivity index (χ4n) is 1.92. The van der Waals surface area contributed by atoms with Crippen LogP contribution in [-0.4, -0.2) is 43.9 Å². The number of rotatable bonds is 5. The Bertz CT molecular complexity index is 725. The van der Waals surface area contributed by atoms with Gasteiger partial charge in [0.25, 0.3) is 5.91 Å². The van der Waals surface area contributed by atoms with Gasteiger partial charge >= 0.3 is 12.2 Å². The molecular weight excluding hydrogens is 330 g/mol. The van der Waals surface area contributed by atoms with Gasteiger partial charge in [-0.3, -0.25) is 15.0 Å². The number of cyclic esters (lactones) is 1. The lowest BCUT2D eigenvalue weighted by Crippen LogP contribution is -2.37. The number of hydrogen-bond donors (Lipinski definition) is 1. The van der Waals surface area contributed by atoms with Crippen molar-refractivity contribution in [1.82, 2.24) is 5.32 Å². The second-order valence-corrected chi connectivity index (χ2v) is 4.74. The van der Waals surface area contributed by atoms with Crippen LogP contribution in [0.4, 0.5) is 21.0 Å². The third-order valence-electron chi connectivity index (χ3n) is 3.08. The molecule has 1 aliphatic rings. The molecule has 130 valence electrons. The second kappa shape index (κ2) is 8.39. The number of benzene rings is 1. The lowest BCUT2D eigenvalue weighted by Gasteiger charge is -2.12. The summed E-state index contributed by atoms with van der Waals surface area (Å²) in [5.41, 5.74) is 1.01. The number of nitrogens with one attached hydrogen (secondary N) is 1. The van der Waals surface area contributed by atoms with Crippen LogP contribution in [0, 0.1) is 11.3 Å². The summed E-state index contributed by atoms with van der Waals surface area (Å²) in [7, 11) is 0. The number of alkyl carbamates (subject to hydrolysis) is 1. The average Bonchev–Trinajstić information content (AvgIpc) is 3.02. The van der Waals surface area contributed by atoms with Crippen molar-refractivity contribution in [1.29, 1.82) is 5.26 Å². The molecule has 10 heteroatoms. The van der Waals surface area contributed by atoms with Crippen molar-refractivity contribution in [3.05, 3.63) is 24.3 Å². The molecule has 25 heavy (non-hydrogen) atoms. The summed E-state index contributed by atoms with van der Waals surface area (Å²) in [4.78, 5) is 35.8. The van der Waals surface area contributed by atoms with E-state index in [-0.39, 0.29) is 6.61 Å². The Morgan fingerprint density at radius 1 is 1.44 bits per heavy atom. The van der Waals surface area contributed by atoms with Gasteiger partial charge in [-0.15, -0.1) is 0 Å². The minimum absolute atomic E-state index is 0.0920. The van der Waals surface area contributed by atoms with E-state index in [0.29, 0.717) is 24.5 Å². The van der Waals surface area contributed by atoms with Crippen molar-refractivity contribution in [2.24, 2.45) is 10.2 Å². The summed E-state index contributed by atoms with van der Waals surface area (Å²) < 4.78 is 9.39. The normalized spacial score (nSPS) is 14.7. The first-order valence-corrected chi connectivity index (χ1v) is 7.37. The number of imide groups is 1. The number of nitrogens with zero attached hydrogens (tertiary/aromatic N) is 4. The summed E-state index contributed by atoms with van der Waals surface area (Å²) in [6, 6.07) is 6.57. The second-order valence-electron chi connectivity index (χ2n) is 4.74. The van der Waals surface area contributed by atoms with E-state index < -0.39 is 24.1 Å². The molecule has 1 fully saturated rings. The molecule has 0 bridgehead atoms. The van der Waals surface area contributed by atoms with Crippen LogP contribution in [0.3, 0.4) is 0 Å². The maximum atomic E-state index is 11.7. The summed E-state index contributed by atoms with van der Waals surface area (Å²) in [5, 5.41) is 18.2. The molecule has 1 N–H and O–H groups in total. The number of carbonyl (C=O) groups excluding carboxylic acids is 3. The van der Waals surface area contributed by atoms with Crippen LogP contribution >= 0.6 is 0 Å². The van der Waals surface area contributed by atoms with Gasteiger partial charge in [-0.25, -0.2) is 9.59 Å². The molecule has 0 saturated carbocycles. The minimum atomic E-state index is -1.49. The van der Waals surface area contributed by atoms with E-state index >= 15 is 0 Å². The minimum Gasteiger partial charge on any atom is -0.450 e. The van der Waals surface area contributed by atoms with Crippen molar-refractivity contribution in [2.45, 2.75) is 13.0 Å². The molecule has 1 aromatic carbocycles. The first-order valence-electron chi connectivity index (χ1n) is 7.37. The van der Waals surface area contributed by atoms with Gasteiger partial charge < -0.3 is 9.47 Å². The largest absolute Gasteiger partial charge is 0.450 e. The van der Waals surface area contributed by atoms with Crippen molar-refractivity contribution < 1.29 is 23.9 Å². The number of carbonyl (C=O) groups is 3. The fraction of sp³-hybridized carbons (Fsp3) is 0.333. The lowest BCUT2D eigenvalue weighted by atomic mass is 10.2. The van der Waals surface area contributed by atoms with Crippen LogP contribution in [0.1, 0.15) is 6.92 Å². The van der Waals surface area contributed by atoms with Gasteiger partial charge in [0.2, 0.25) is 6.04 Å². The maximum Gasteiger partial charge on any atom is 0.414 e. The van der Waals surface area contributed by atoms with E-state index in [2.05, 4.69) is 15.0 Å². The van der Waals surface area contributed by atoms with Gasteiger partial charge in [-0.1, -0.05) is 0 Å². The van der Waals surface area contributed by atoms with Crippen LogP contribution < -0.4 is 10.2 Å². The number of hydrogen-bond acceptors (Lipinski definition) is 8. The molecule has 2 rings (SSSR count). The highest BCUT2D eigenvalue weighted by Gasteiger charge is 2.23. The predicted molar refractivity (Wildman–Crippen MR) is 84.2 cm³/mol. The standard InChI is InChI=1S/C15H15N5O5/c1-2-24-14(22)17-13(21)12(9-16)19-18-10-3-5-11(6-4-10)20-7-8-25-15(20)23/h3-6,12H,2,7-8H2,1H3,(H,17,21,22). The molecule has 0 aromatic heterocycles. The van der Waals surface area contributed by atoms with Crippen molar-refractivity contribution in [2.75, 3.05) is 24.7 Å². The molecule has 1 heterocycles. The third-order valence-corrected chi connectivity index (χ3v) is 3.08.